The van der Waals surface area contributed by atoms with E-state index < -0.39 is 44.8 Å². The molecule has 0 radical (unpaired) electrons. The van der Waals surface area contributed by atoms with Gasteiger partial charge in [-0.25, -0.2) is 8.42 Å². The predicted octanol–water partition coefficient (Wildman–Crippen LogP) is 1.74. The second-order valence-electron chi connectivity index (χ2n) is 9.54. The third kappa shape index (κ3) is 7.18. The third-order valence-electron chi connectivity index (χ3n) is 6.41. The van der Waals surface area contributed by atoms with E-state index in [1.807, 2.05) is 32.0 Å². The molecule has 0 bridgehead atoms. The van der Waals surface area contributed by atoms with Crippen LogP contribution in [-0.4, -0.2) is 79.2 Å². The van der Waals surface area contributed by atoms with E-state index in [1.54, 1.807) is 12.1 Å². The maximum Gasteiger partial charge on any atom is 0.325 e. The Morgan fingerprint density at radius 3 is 2.31 bits per heavy atom. The van der Waals surface area contributed by atoms with Crippen LogP contribution in [-0.2, 0) is 35.6 Å². The predicted molar refractivity (Wildman–Crippen MR) is 141 cm³/mol. The van der Waals surface area contributed by atoms with Crippen LogP contribution in [0.3, 0.4) is 0 Å². The van der Waals surface area contributed by atoms with Gasteiger partial charge in [-0.05, 0) is 30.0 Å². The van der Waals surface area contributed by atoms with E-state index in [2.05, 4.69) is 10.1 Å². The smallest absolute Gasteiger partial charge is 0.325 e. The number of carbonyl (C=O) groups is 3. The molecule has 39 heavy (non-hydrogen) atoms. The highest BCUT2D eigenvalue weighted by Crippen LogP contribution is 2.28. The molecule has 0 spiro atoms. The molecule has 0 unspecified atom stereocenters. The number of nitro benzene ring substituents is 1. The summed E-state index contributed by atoms with van der Waals surface area (Å²) >= 11 is 0. The second-order valence-corrected chi connectivity index (χ2v) is 11.4. The number of non-ortho nitro benzene ring substituents is 1. The number of nitrogens with one attached hydrogen (secondary N) is 1. The van der Waals surface area contributed by atoms with E-state index in [9.17, 15) is 32.9 Å². The fraction of sp³-hybridized carbons (Fsp3) is 0.423. The van der Waals surface area contributed by atoms with Gasteiger partial charge in [0, 0.05) is 31.6 Å². The number of nitro groups is 1. The SMILES string of the molecule is COC(=O)CNC(=O)[C@H](Cc1ccccc1)N1CCN(S(=O)(=O)c2ccc([N+](=O)[O-])cc2)[C@@H](CC(C)C)C1=O. The Hall–Kier alpha value is -3.84. The van der Waals surface area contributed by atoms with Crippen molar-refractivity contribution in [2.45, 2.75) is 43.7 Å². The summed E-state index contributed by atoms with van der Waals surface area (Å²) in [5, 5.41) is 13.5. The second kappa shape index (κ2) is 12.8. The molecule has 1 N–H and O–H groups in total. The van der Waals surface area contributed by atoms with Crippen molar-refractivity contribution in [1.82, 2.24) is 14.5 Å². The average molecular weight is 561 g/mol. The van der Waals surface area contributed by atoms with Crippen molar-refractivity contribution in [3.63, 3.8) is 0 Å². The molecule has 2 atom stereocenters. The summed E-state index contributed by atoms with van der Waals surface area (Å²) in [6.07, 6.45) is 0.354. The molecule has 0 aliphatic carbocycles. The van der Waals surface area contributed by atoms with Crippen molar-refractivity contribution < 1.29 is 32.5 Å². The van der Waals surface area contributed by atoms with Crippen LogP contribution in [0.5, 0.6) is 0 Å². The van der Waals surface area contributed by atoms with E-state index in [4.69, 9.17) is 0 Å². The van der Waals surface area contributed by atoms with Crippen molar-refractivity contribution in [1.29, 1.82) is 0 Å². The lowest BCUT2D eigenvalue weighted by Crippen LogP contribution is -2.63. The Balaban J connectivity index is 1.94. The van der Waals surface area contributed by atoms with Crippen LogP contribution in [0, 0.1) is 16.0 Å². The molecule has 1 fully saturated rings. The largest absolute Gasteiger partial charge is 0.468 e. The molecule has 0 saturated carbocycles. The lowest BCUT2D eigenvalue weighted by molar-refractivity contribution is -0.384. The van der Waals surface area contributed by atoms with Crippen LogP contribution in [0.1, 0.15) is 25.8 Å². The molecule has 1 heterocycles. The van der Waals surface area contributed by atoms with Gasteiger partial charge in [-0.1, -0.05) is 44.2 Å². The topological polar surface area (TPSA) is 156 Å². The van der Waals surface area contributed by atoms with Gasteiger partial charge in [0.1, 0.15) is 18.6 Å². The number of methoxy groups -OCH3 is 1. The van der Waals surface area contributed by atoms with Crippen molar-refractivity contribution in [3.05, 3.63) is 70.3 Å². The normalized spacial score (nSPS) is 17.1. The summed E-state index contributed by atoms with van der Waals surface area (Å²) in [7, 11) is -2.99. The van der Waals surface area contributed by atoms with E-state index in [0.717, 1.165) is 34.1 Å². The number of carbonyl (C=O) groups excluding carboxylic acids is 3. The van der Waals surface area contributed by atoms with Gasteiger partial charge in [-0.3, -0.25) is 24.5 Å². The quantitative estimate of drug-likeness (QED) is 0.247. The average Bonchev–Trinajstić information content (AvgIpc) is 2.91. The Labute approximate surface area is 227 Å². The number of hydrogen-bond donors (Lipinski definition) is 1. The standard InChI is InChI=1S/C26H32N4O8S/c1-18(2)15-23-26(33)28(13-14-29(23)39(36,37)21-11-9-20(10-12-21)30(34)35)22(16-19-7-5-4-6-8-19)25(32)27-17-24(31)38-3/h4-12,18,22-23H,13-17H2,1-3H3,(H,27,32)/t22-,23-/m0/s1. The van der Waals surface area contributed by atoms with Gasteiger partial charge in [0.15, 0.2) is 0 Å². The highest BCUT2D eigenvalue weighted by molar-refractivity contribution is 7.89. The number of benzene rings is 2. The molecule has 2 aromatic rings. The molecule has 12 nitrogen and oxygen atoms in total. The van der Waals surface area contributed by atoms with Crippen molar-refractivity contribution in [2.75, 3.05) is 26.7 Å². The molecule has 3 rings (SSSR count). The summed E-state index contributed by atoms with van der Waals surface area (Å²) < 4.78 is 32.9. The lowest BCUT2D eigenvalue weighted by atomic mass is 9.97. The molecule has 1 aliphatic rings. The van der Waals surface area contributed by atoms with Crippen LogP contribution in [0.25, 0.3) is 0 Å². The van der Waals surface area contributed by atoms with E-state index in [1.165, 1.54) is 12.0 Å². The van der Waals surface area contributed by atoms with Gasteiger partial charge in [-0.15, -0.1) is 0 Å². The molecule has 0 aromatic heterocycles. The number of piperazine rings is 1. The minimum Gasteiger partial charge on any atom is -0.468 e. The molecular formula is C26H32N4O8S. The van der Waals surface area contributed by atoms with E-state index >= 15 is 0 Å². The first kappa shape index (κ1) is 29.7. The summed E-state index contributed by atoms with van der Waals surface area (Å²) in [5.41, 5.74) is 0.528. The Morgan fingerprint density at radius 1 is 1.10 bits per heavy atom. The van der Waals surface area contributed by atoms with Crippen LogP contribution in [0.15, 0.2) is 59.5 Å². The molecule has 1 saturated heterocycles. The first-order valence-corrected chi connectivity index (χ1v) is 13.8. The number of nitrogens with zero attached hydrogens (tertiary/aromatic N) is 3. The molecule has 2 amide bonds. The summed E-state index contributed by atoms with van der Waals surface area (Å²) in [6, 6.07) is 11.5. The maximum atomic E-state index is 13.9. The number of sulfonamides is 1. The number of esters is 1. The maximum absolute atomic E-state index is 13.9. The minimum atomic E-state index is -4.18. The molecule has 210 valence electrons. The first-order valence-electron chi connectivity index (χ1n) is 12.4. The molecule has 2 aromatic carbocycles. The van der Waals surface area contributed by atoms with Crippen molar-refractivity contribution >= 4 is 33.5 Å². The Kier molecular flexibility index (Phi) is 9.76. The first-order chi connectivity index (χ1) is 18.4. The van der Waals surface area contributed by atoms with Gasteiger partial charge in [0.05, 0.1) is 16.9 Å². The van der Waals surface area contributed by atoms with Gasteiger partial charge in [0.2, 0.25) is 21.8 Å². The zero-order valence-electron chi connectivity index (χ0n) is 22.0. The highest BCUT2D eigenvalue weighted by Gasteiger charge is 2.45. The van der Waals surface area contributed by atoms with E-state index in [-0.39, 0.29) is 49.0 Å². The summed E-state index contributed by atoms with van der Waals surface area (Å²) in [6.45, 7) is 3.18. The fourth-order valence-electron chi connectivity index (χ4n) is 4.46. The number of hydrogen-bond acceptors (Lipinski definition) is 8. The minimum absolute atomic E-state index is 0.0609. The zero-order valence-corrected chi connectivity index (χ0v) is 22.8. The summed E-state index contributed by atoms with van der Waals surface area (Å²) in [4.78, 5) is 50.3. The van der Waals surface area contributed by atoms with Gasteiger partial charge >= 0.3 is 5.97 Å². The third-order valence-corrected chi connectivity index (χ3v) is 8.33. The lowest BCUT2D eigenvalue weighted by Gasteiger charge is -2.43. The number of amides is 2. The summed E-state index contributed by atoms with van der Waals surface area (Å²) in [5.74, 6) is -1.80. The van der Waals surface area contributed by atoms with Crippen LogP contribution in [0.4, 0.5) is 5.69 Å². The zero-order chi connectivity index (χ0) is 28.7. The fourth-order valence-corrected chi connectivity index (χ4v) is 6.04. The molecule has 1 aliphatic heterocycles. The van der Waals surface area contributed by atoms with Crippen molar-refractivity contribution in [3.8, 4) is 0 Å². The van der Waals surface area contributed by atoms with Gasteiger partial charge in [0.25, 0.3) is 5.69 Å². The van der Waals surface area contributed by atoms with Gasteiger partial charge in [-0.2, -0.15) is 4.31 Å². The monoisotopic (exact) mass is 560 g/mol. The Morgan fingerprint density at radius 2 is 1.74 bits per heavy atom. The van der Waals surface area contributed by atoms with E-state index in [0.29, 0.717) is 0 Å². The van der Waals surface area contributed by atoms with Crippen LogP contribution in [0.2, 0.25) is 0 Å². The number of rotatable bonds is 11. The molecule has 13 heteroatoms. The van der Waals surface area contributed by atoms with Gasteiger partial charge < -0.3 is 15.0 Å². The highest BCUT2D eigenvalue weighted by atomic mass is 32.2. The molecular weight excluding hydrogens is 528 g/mol. The van der Waals surface area contributed by atoms with Crippen LogP contribution >= 0.6 is 0 Å². The number of ether oxygens (including phenoxy) is 1. The van der Waals surface area contributed by atoms with Crippen molar-refractivity contribution in [2.24, 2.45) is 5.92 Å². The van der Waals surface area contributed by atoms with Crippen LogP contribution < -0.4 is 5.32 Å². The Bertz CT molecular complexity index is 1300.